The van der Waals surface area contributed by atoms with Gasteiger partial charge in [0, 0.05) is 17.4 Å². The summed E-state index contributed by atoms with van der Waals surface area (Å²) in [5, 5.41) is 2.80. The summed E-state index contributed by atoms with van der Waals surface area (Å²) in [7, 11) is -3.80. The van der Waals surface area contributed by atoms with E-state index in [1.807, 2.05) is 0 Å². The quantitative estimate of drug-likeness (QED) is 0.412. The second kappa shape index (κ2) is 8.50. The highest BCUT2D eigenvalue weighted by molar-refractivity contribution is 7.89. The summed E-state index contributed by atoms with van der Waals surface area (Å²) < 4.78 is 32.7. The predicted molar refractivity (Wildman–Crippen MR) is 121 cm³/mol. The SMILES string of the molecule is O=C1CCC(N2C(=O)c3ccc(C#CCNS(=O)(=O)c4ccc5occc5c4)cc3C2=O)C(=O)N1. The fourth-order valence-electron chi connectivity index (χ4n) is 4.02. The van der Waals surface area contributed by atoms with E-state index in [1.165, 1.54) is 36.6 Å². The van der Waals surface area contributed by atoms with Crippen LogP contribution in [0.2, 0.25) is 0 Å². The van der Waals surface area contributed by atoms with Crippen molar-refractivity contribution in [3.63, 3.8) is 0 Å². The molecule has 2 aliphatic rings. The minimum absolute atomic E-state index is 0.0341. The summed E-state index contributed by atoms with van der Waals surface area (Å²) in [5.74, 6) is 3.08. The molecule has 3 heterocycles. The molecular weight excluding hydrogens is 474 g/mol. The maximum Gasteiger partial charge on any atom is 0.262 e. The highest BCUT2D eigenvalue weighted by atomic mass is 32.2. The third-order valence-electron chi connectivity index (χ3n) is 5.76. The van der Waals surface area contributed by atoms with Crippen LogP contribution < -0.4 is 10.0 Å². The summed E-state index contributed by atoms with van der Waals surface area (Å²) in [5.41, 5.74) is 1.21. The lowest BCUT2D eigenvalue weighted by atomic mass is 10.0. The Morgan fingerprint density at radius 1 is 1.03 bits per heavy atom. The van der Waals surface area contributed by atoms with Gasteiger partial charge in [0.2, 0.25) is 21.8 Å². The number of hydrogen-bond acceptors (Lipinski definition) is 7. The zero-order chi connectivity index (χ0) is 24.7. The van der Waals surface area contributed by atoms with Gasteiger partial charge >= 0.3 is 0 Å². The molecule has 3 aromatic rings. The van der Waals surface area contributed by atoms with E-state index in [2.05, 4.69) is 21.9 Å². The molecule has 35 heavy (non-hydrogen) atoms. The Morgan fingerprint density at radius 2 is 1.83 bits per heavy atom. The fourth-order valence-corrected chi connectivity index (χ4v) is 4.98. The maximum absolute atomic E-state index is 12.9. The average Bonchev–Trinajstić information content (AvgIpc) is 3.39. The molecule has 176 valence electrons. The van der Waals surface area contributed by atoms with Crippen molar-refractivity contribution in [3.8, 4) is 11.8 Å². The summed E-state index contributed by atoms with van der Waals surface area (Å²) in [6.07, 6.45) is 1.57. The fraction of sp³-hybridized carbons (Fsp3) is 0.167. The standard InChI is InChI=1S/C24H17N3O7S/c28-21-8-6-19(22(29)26-21)27-23(30)17-5-3-14(12-18(17)24(27)31)2-1-10-25-35(32,33)16-4-7-20-15(13-16)9-11-34-20/h3-5,7,9,11-13,19,25H,6,8,10H2,(H,26,28,29). The van der Waals surface area contributed by atoms with E-state index >= 15 is 0 Å². The molecule has 1 aromatic heterocycles. The topological polar surface area (TPSA) is 143 Å². The van der Waals surface area contributed by atoms with Crippen molar-refractivity contribution in [2.75, 3.05) is 6.54 Å². The van der Waals surface area contributed by atoms with Gasteiger partial charge in [0.1, 0.15) is 11.6 Å². The zero-order valence-corrected chi connectivity index (χ0v) is 18.8. The molecule has 2 N–H and O–H groups in total. The number of imide groups is 2. The number of sulfonamides is 1. The van der Waals surface area contributed by atoms with E-state index in [0.29, 0.717) is 16.5 Å². The molecule has 1 unspecified atom stereocenters. The first-order valence-electron chi connectivity index (χ1n) is 10.6. The number of piperidine rings is 1. The molecule has 1 fully saturated rings. The van der Waals surface area contributed by atoms with E-state index in [0.717, 1.165) is 4.90 Å². The van der Waals surface area contributed by atoms with E-state index in [4.69, 9.17) is 4.42 Å². The number of nitrogens with one attached hydrogen (secondary N) is 2. The van der Waals surface area contributed by atoms with Crippen molar-refractivity contribution >= 4 is 44.6 Å². The second-order valence-electron chi connectivity index (χ2n) is 7.95. The van der Waals surface area contributed by atoms with Crippen LogP contribution in [-0.4, -0.2) is 49.5 Å². The molecule has 2 aromatic carbocycles. The zero-order valence-electron chi connectivity index (χ0n) is 18.0. The third kappa shape index (κ3) is 4.09. The van der Waals surface area contributed by atoms with Gasteiger partial charge in [0.15, 0.2) is 0 Å². The summed E-state index contributed by atoms with van der Waals surface area (Å²) >= 11 is 0. The van der Waals surface area contributed by atoms with Crippen LogP contribution in [-0.2, 0) is 19.6 Å². The number of hydrogen-bond donors (Lipinski definition) is 2. The van der Waals surface area contributed by atoms with Crippen LogP contribution >= 0.6 is 0 Å². The minimum atomic E-state index is -3.80. The molecule has 10 nitrogen and oxygen atoms in total. The van der Waals surface area contributed by atoms with Crippen LogP contribution in [0.5, 0.6) is 0 Å². The Balaban J connectivity index is 1.29. The van der Waals surface area contributed by atoms with Crippen molar-refractivity contribution < 1.29 is 32.0 Å². The summed E-state index contributed by atoms with van der Waals surface area (Å²) in [4.78, 5) is 50.1. The first-order chi connectivity index (χ1) is 16.7. The van der Waals surface area contributed by atoms with E-state index in [9.17, 15) is 27.6 Å². The smallest absolute Gasteiger partial charge is 0.262 e. The second-order valence-corrected chi connectivity index (χ2v) is 9.72. The van der Waals surface area contributed by atoms with Gasteiger partial charge in [0.05, 0.1) is 28.8 Å². The van der Waals surface area contributed by atoms with Gasteiger partial charge < -0.3 is 4.42 Å². The van der Waals surface area contributed by atoms with E-state index in [-0.39, 0.29) is 35.4 Å². The largest absolute Gasteiger partial charge is 0.464 e. The lowest BCUT2D eigenvalue weighted by molar-refractivity contribution is -0.136. The van der Waals surface area contributed by atoms with Gasteiger partial charge in [-0.1, -0.05) is 11.8 Å². The van der Waals surface area contributed by atoms with Crippen molar-refractivity contribution in [3.05, 3.63) is 65.4 Å². The van der Waals surface area contributed by atoms with Crippen molar-refractivity contribution in [1.82, 2.24) is 14.9 Å². The number of fused-ring (bicyclic) bond motifs is 2. The Morgan fingerprint density at radius 3 is 2.63 bits per heavy atom. The van der Waals surface area contributed by atoms with Crippen LogP contribution in [0.15, 0.2) is 58.0 Å². The molecule has 0 saturated carbocycles. The molecule has 0 spiro atoms. The van der Waals surface area contributed by atoms with Crippen molar-refractivity contribution in [1.29, 1.82) is 0 Å². The average molecular weight is 491 g/mol. The van der Waals surface area contributed by atoms with Crippen molar-refractivity contribution in [2.45, 2.75) is 23.8 Å². The number of benzene rings is 2. The Bertz CT molecular complexity index is 1590. The normalized spacial score (nSPS) is 17.8. The number of amides is 4. The lowest BCUT2D eigenvalue weighted by Crippen LogP contribution is -2.54. The summed E-state index contributed by atoms with van der Waals surface area (Å²) in [6, 6.07) is 9.50. The molecule has 1 saturated heterocycles. The van der Waals surface area contributed by atoms with Gasteiger partial charge in [0.25, 0.3) is 11.8 Å². The minimum Gasteiger partial charge on any atom is -0.464 e. The Labute approximate surface area is 199 Å². The van der Waals surface area contributed by atoms with Gasteiger partial charge in [-0.15, -0.1) is 0 Å². The Kier molecular flexibility index (Phi) is 5.47. The van der Waals surface area contributed by atoms with Crippen LogP contribution in [0.3, 0.4) is 0 Å². The highest BCUT2D eigenvalue weighted by Gasteiger charge is 2.44. The lowest BCUT2D eigenvalue weighted by Gasteiger charge is -2.27. The van der Waals surface area contributed by atoms with Gasteiger partial charge in [-0.2, -0.15) is 4.72 Å². The third-order valence-corrected chi connectivity index (χ3v) is 7.16. The predicted octanol–water partition coefficient (Wildman–Crippen LogP) is 1.16. The van der Waals surface area contributed by atoms with Crippen molar-refractivity contribution in [2.24, 2.45) is 0 Å². The van der Waals surface area contributed by atoms with Crippen LogP contribution in [0.25, 0.3) is 11.0 Å². The van der Waals surface area contributed by atoms with Crippen LogP contribution in [0.4, 0.5) is 0 Å². The van der Waals surface area contributed by atoms with Gasteiger partial charge in [-0.25, -0.2) is 8.42 Å². The number of carbonyl (C=O) groups is 4. The number of nitrogens with zero attached hydrogens (tertiary/aromatic N) is 1. The Hall–Kier alpha value is -4.27. The van der Waals surface area contributed by atoms with Gasteiger partial charge in [-0.3, -0.25) is 29.4 Å². The molecule has 1 atom stereocenters. The molecule has 11 heteroatoms. The molecular formula is C24H17N3O7S. The van der Waals surface area contributed by atoms with Crippen LogP contribution in [0.1, 0.15) is 39.1 Å². The highest BCUT2D eigenvalue weighted by Crippen LogP contribution is 2.28. The van der Waals surface area contributed by atoms with E-state index < -0.39 is 39.7 Å². The van der Waals surface area contributed by atoms with E-state index in [1.54, 1.807) is 12.1 Å². The number of carbonyl (C=O) groups excluding carboxylic acids is 4. The first-order valence-corrected chi connectivity index (χ1v) is 12.0. The first kappa shape index (κ1) is 22.5. The monoisotopic (exact) mass is 491 g/mol. The molecule has 0 radical (unpaired) electrons. The molecule has 5 rings (SSSR count). The molecule has 0 bridgehead atoms. The molecule has 2 aliphatic heterocycles. The van der Waals surface area contributed by atoms with Crippen LogP contribution in [0, 0.1) is 11.8 Å². The molecule has 4 amide bonds. The molecule has 0 aliphatic carbocycles. The number of furan rings is 1. The van der Waals surface area contributed by atoms with Gasteiger partial charge in [-0.05, 0) is 48.9 Å². The summed E-state index contributed by atoms with van der Waals surface area (Å²) in [6.45, 7) is -0.182. The number of rotatable bonds is 4. The maximum atomic E-state index is 12.9.